The highest BCUT2D eigenvalue weighted by molar-refractivity contribution is 7.99. The minimum absolute atomic E-state index is 0.0840. The lowest BCUT2D eigenvalue weighted by Gasteiger charge is -2.15. The zero-order chi connectivity index (χ0) is 19.2. The van der Waals surface area contributed by atoms with Crippen LogP contribution in [-0.4, -0.2) is 21.2 Å². The van der Waals surface area contributed by atoms with E-state index in [-0.39, 0.29) is 23.3 Å². The van der Waals surface area contributed by atoms with Crippen molar-refractivity contribution in [2.24, 2.45) is 0 Å². The fraction of sp³-hybridized carbons (Fsp3) is 0.190. The van der Waals surface area contributed by atoms with Crippen LogP contribution in [0.3, 0.4) is 0 Å². The highest BCUT2D eigenvalue weighted by atomic mass is 32.2. The molecular formula is C21H21N3O2S. The monoisotopic (exact) mass is 379 g/mol. The van der Waals surface area contributed by atoms with E-state index < -0.39 is 0 Å². The van der Waals surface area contributed by atoms with Crippen LogP contribution < -0.4 is 10.9 Å². The van der Waals surface area contributed by atoms with Crippen LogP contribution in [0.5, 0.6) is 0 Å². The number of nitrogens with one attached hydrogen (secondary N) is 1. The molecule has 0 bridgehead atoms. The average molecular weight is 379 g/mol. The van der Waals surface area contributed by atoms with Gasteiger partial charge in [0.25, 0.3) is 5.56 Å². The SMILES string of the molecule is C=CCn1c(SCC(=O)N[C@@H](C)c2ccccc2)nc2ccccc2c1=O. The molecule has 138 valence electrons. The summed E-state index contributed by atoms with van der Waals surface area (Å²) in [5.41, 5.74) is 1.55. The molecule has 1 heterocycles. The normalized spacial score (nSPS) is 11.9. The van der Waals surface area contributed by atoms with Gasteiger partial charge in [-0.1, -0.05) is 60.3 Å². The Hall–Kier alpha value is -2.86. The first-order valence-corrected chi connectivity index (χ1v) is 9.66. The molecule has 27 heavy (non-hydrogen) atoms. The van der Waals surface area contributed by atoms with Crippen molar-refractivity contribution in [3.05, 3.63) is 83.2 Å². The summed E-state index contributed by atoms with van der Waals surface area (Å²) in [6.45, 7) is 6.00. The van der Waals surface area contributed by atoms with Crippen molar-refractivity contribution in [1.82, 2.24) is 14.9 Å². The first-order valence-electron chi connectivity index (χ1n) is 8.67. The molecule has 0 saturated heterocycles. The Bertz CT molecular complexity index is 1010. The average Bonchev–Trinajstić information content (AvgIpc) is 2.69. The Morgan fingerprint density at radius 2 is 1.93 bits per heavy atom. The Balaban J connectivity index is 1.76. The van der Waals surface area contributed by atoms with Crippen LogP contribution in [0.15, 0.2) is 77.2 Å². The van der Waals surface area contributed by atoms with Crippen molar-refractivity contribution in [3.8, 4) is 0 Å². The topological polar surface area (TPSA) is 64.0 Å². The van der Waals surface area contributed by atoms with Gasteiger partial charge in [0.1, 0.15) is 0 Å². The van der Waals surface area contributed by atoms with Crippen LogP contribution in [0.2, 0.25) is 0 Å². The van der Waals surface area contributed by atoms with E-state index in [4.69, 9.17) is 0 Å². The van der Waals surface area contributed by atoms with Gasteiger partial charge in [-0.2, -0.15) is 0 Å². The third kappa shape index (κ3) is 4.46. The maximum Gasteiger partial charge on any atom is 0.262 e. The smallest absolute Gasteiger partial charge is 0.262 e. The number of carbonyl (C=O) groups excluding carboxylic acids is 1. The summed E-state index contributed by atoms with van der Waals surface area (Å²) in [6, 6.07) is 16.9. The van der Waals surface area contributed by atoms with Gasteiger partial charge in [-0.3, -0.25) is 14.2 Å². The molecular weight excluding hydrogens is 358 g/mol. The molecule has 0 fully saturated rings. The number of hydrogen-bond acceptors (Lipinski definition) is 4. The van der Waals surface area contributed by atoms with Crippen LogP contribution in [0.4, 0.5) is 0 Å². The molecule has 0 radical (unpaired) electrons. The zero-order valence-corrected chi connectivity index (χ0v) is 15.9. The van der Waals surface area contributed by atoms with Gasteiger partial charge in [-0.15, -0.1) is 6.58 Å². The van der Waals surface area contributed by atoms with Crippen LogP contribution >= 0.6 is 11.8 Å². The van der Waals surface area contributed by atoms with Gasteiger partial charge < -0.3 is 5.32 Å². The van der Waals surface area contributed by atoms with Crippen LogP contribution in [0.25, 0.3) is 10.9 Å². The van der Waals surface area contributed by atoms with E-state index in [0.29, 0.717) is 22.6 Å². The first kappa shape index (κ1) is 18.9. The fourth-order valence-corrected chi connectivity index (χ4v) is 3.61. The van der Waals surface area contributed by atoms with Crippen molar-refractivity contribution in [2.45, 2.75) is 24.7 Å². The maximum atomic E-state index is 12.7. The lowest BCUT2D eigenvalue weighted by atomic mass is 10.1. The number of carbonyl (C=O) groups is 1. The van der Waals surface area contributed by atoms with E-state index in [1.807, 2.05) is 49.4 Å². The van der Waals surface area contributed by atoms with Gasteiger partial charge in [0.2, 0.25) is 5.91 Å². The molecule has 1 amide bonds. The minimum atomic E-state index is -0.124. The molecule has 3 aromatic rings. The van der Waals surface area contributed by atoms with E-state index in [2.05, 4.69) is 16.9 Å². The summed E-state index contributed by atoms with van der Waals surface area (Å²) < 4.78 is 1.55. The number of nitrogens with zero attached hydrogens (tertiary/aromatic N) is 2. The van der Waals surface area contributed by atoms with Crippen molar-refractivity contribution in [3.63, 3.8) is 0 Å². The van der Waals surface area contributed by atoms with Gasteiger partial charge in [-0.25, -0.2) is 4.98 Å². The number of para-hydroxylation sites is 1. The highest BCUT2D eigenvalue weighted by Gasteiger charge is 2.14. The lowest BCUT2D eigenvalue weighted by molar-refractivity contribution is -0.119. The van der Waals surface area contributed by atoms with Crippen molar-refractivity contribution < 1.29 is 4.79 Å². The van der Waals surface area contributed by atoms with Crippen molar-refractivity contribution >= 4 is 28.6 Å². The second-order valence-corrected chi connectivity index (χ2v) is 7.05. The summed E-state index contributed by atoms with van der Waals surface area (Å²) in [5.74, 6) is 0.0722. The predicted molar refractivity (Wildman–Crippen MR) is 110 cm³/mol. The molecule has 6 heteroatoms. The van der Waals surface area contributed by atoms with Crippen LogP contribution in [0.1, 0.15) is 18.5 Å². The molecule has 0 aliphatic carbocycles. The Morgan fingerprint density at radius 1 is 1.22 bits per heavy atom. The summed E-state index contributed by atoms with van der Waals surface area (Å²) in [7, 11) is 0. The number of rotatable bonds is 7. The van der Waals surface area contributed by atoms with Gasteiger partial charge in [-0.05, 0) is 24.6 Å². The molecule has 3 rings (SSSR count). The molecule has 0 spiro atoms. The molecule has 2 aromatic carbocycles. The standard InChI is InChI=1S/C21H21N3O2S/c1-3-13-24-20(26)17-11-7-8-12-18(17)23-21(24)27-14-19(25)22-15(2)16-9-5-4-6-10-16/h3-12,15H,1,13-14H2,2H3,(H,22,25)/t15-/m0/s1. The van der Waals surface area contributed by atoms with Crippen molar-refractivity contribution in [1.29, 1.82) is 0 Å². The number of hydrogen-bond donors (Lipinski definition) is 1. The number of aromatic nitrogens is 2. The van der Waals surface area contributed by atoms with Gasteiger partial charge in [0, 0.05) is 6.54 Å². The van der Waals surface area contributed by atoms with E-state index in [9.17, 15) is 9.59 Å². The Morgan fingerprint density at radius 3 is 2.67 bits per heavy atom. The second kappa shape index (κ2) is 8.68. The second-order valence-electron chi connectivity index (χ2n) is 6.10. The summed E-state index contributed by atoms with van der Waals surface area (Å²) in [6.07, 6.45) is 1.65. The lowest BCUT2D eigenvalue weighted by Crippen LogP contribution is -2.29. The molecule has 1 N–H and O–H groups in total. The number of benzene rings is 2. The number of amides is 1. The molecule has 1 atom stereocenters. The van der Waals surface area contributed by atoms with E-state index >= 15 is 0 Å². The van der Waals surface area contributed by atoms with Crippen LogP contribution in [0, 0.1) is 0 Å². The minimum Gasteiger partial charge on any atom is -0.349 e. The van der Waals surface area contributed by atoms with Gasteiger partial charge in [0.15, 0.2) is 5.16 Å². The molecule has 1 aromatic heterocycles. The zero-order valence-electron chi connectivity index (χ0n) is 15.1. The maximum absolute atomic E-state index is 12.7. The quantitative estimate of drug-likeness (QED) is 0.387. The molecule has 0 aliphatic rings. The third-order valence-corrected chi connectivity index (χ3v) is 5.12. The van der Waals surface area contributed by atoms with Crippen molar-refractivity contribution in [2.75, 3.05) is 5.75 Å². The first-order chi connectivity index (χ1) is 13.1. The van der Waals surface area contributed by atoms with E-state index in [0.717, 1.165) is 5.56 Å². The third-order valence-electron chi connectivity index (χ3n) is 4.15. The number of fused-ring (bicyclic) bond motifs is 1. The van der Waals surface area contributed by atoms with Gasteiger partial charge >= 0.3 is 0 Å². The summed E-state index contributed by atoms with van der Waals surface area (Å²) >= 11 is 1.25. The Labute approximate surface area is 162 Å². The largest absolute Gasteiger partial charge is 0.349 e. The molecule has 0 unspecified atom stereocenters. The summed E-state index contributed by atoms with van der Waals surface area (Å²) in [4.78, 5) is 29.6. The van der Waals surface area contributed by atoms with E-state index in [1.165, 1.54) is 11.8 Å². The number of thioether (sulfide) groups is 1. The Kier molecular flexibility index (Phi) is 6.08. The fourth-order valence-electron chi connectivity index (χ4n) is 2.79. The van der Waals surface area contributed by atoms with Crippen LogP contribution in [-0.2, 0) is 11.3 Å². The molecule has 5 nitrogen and oxygen atoms in total. The summed E-state index contributed by atoms with van der Waals surface area (Å²) in [5, 5.41) is 4.05. The number of allylic oxidation sites excluding steroid dienone is 1. The van der Waals surface area contributed by atoms with Gasteiger partial charge in [0.05, 0.1) is 22.7 Å². The highest BCUT2D eigenvalue weighted by Crippen LogP contribution is 2.18. The predicted octanol–water partition coefficient (Wildman–Crippen LogP) is 3.55. The molecule has 0 aliphatic heterocycles. The molecule has 0 saturated carbocycles. The van der Waals surface area contributed by atoms with E-state index in [1.54, 1.807) is 22.8 Å².